The Bertz CT molecular complexity index is 1550. The van der Waals surface area contributed by atoms with Crippen LogP contribution in [0.2, 0.25) is 10.0 Å². The van der Waals surface area contributed by atoms with Gasteiger partial charge in [-0.1, -0.05) is 53.5 Å². The number of hydrogen-bond donors (Lipinski definition) is 2. The summed E-state index contributed by atoms with van der Waals surface area (Å²) in [6, 6.07) is 20.7. The number of nitrogens with one attached hydrogen (secondary N) is 2. The molecule has 1 amide bonds. The van der Waals surface area contributed by atoms with Crippen LogP contribution in [0.4, 0.5) is 5.69 Å². The molecule has 0 spiro atoms. The molecule has 1 aromatic heterocycles. The Labute approximate surface area is 238 Å². The molecule has 0 radical (unpaired) electrons. The Kier molecular flexibility index (Phi) is 9.63. The summed E-state index contributed by atoms with van der Waals surface area (Å²) in [7, 11) is -2.58. The predicted octanol–water partition coefficient (Wildman–Crippen LogP) is 5.36. The lowest BCUT2D eigenvalue weighted by Gasteiger charge is -2.22. The number of ether oxygens (including phenoxy) is 1. The molecule has 2 N–H and O–H groups in total. The van der Waals surface area contributed by atoms with Crippen LogP contribution in [0.1, 0.15) is 12.0 Å². The molecule has 0 bridgehead atoms. The number of amides is 1. The molecule has 4 rings (SSSR count). The number of sulfonamides is 1. The van der Waals surface area contributed by atoms with Crippen LogP contribution < -0.4 is 15.4 Å². The minimum absolute atomic E-state index is 0.0212. The summed E-state index contributed by atoms with van der Waals surface area (Å²) in [5.74, 6) is -0.0433. The Hall–Kier alpha value is -3.37. The van der Waals surface area contributed by atoms with E-state index in [1.807, 2.05) is 48.5 Å². The highest BCUT2D eigenvalue weighted by Gasteiger charge is 2.27. The third-order valence-corrected chi connectivity index (χ3v) is 8.30. The molecule has 204 valence electrons. The standard InChI is InChI=1S/C28H28Cl2N4O4S/c1-38-27-11-9-22(17-24(27)30)39(36,37)34(18-20-6-3-2-4-7-20)19-28(35)33-14-5-13-31-25-12-15-32-26-16-21(29)8-10-23(25)26/h2-4,6-12,15-17H,5,13-14,18-19H2,1H3,(H,31,32)(H,33,35). The fourth-order valence-electron chi connectivity index (χ4n) is 4.00. The van der Waals surface area contributed by atoms with E-state index in [2.05, 4.69) is 15.6 Å². The van der Waals surface area contributed by atoms with Crippen molar-refractivity contribution in [3.05, 3.63) is 94.6 Å². The molecule has 8 nitrogen and oxygen atoms in total. The van der Waals surface area contributed by atoms with E-state index >= 15 is 0 Å². The van der Waals surface area contributed by atoms with E-state index in [9.17, 15) is 13.2 Å². The number of aromatic nitrogens is 1. The van der Waals surface area contributed by atoms with Crippen LogP contribution in [0.3, 0.4) is 0 Å². The lowest BCUT2D eigenvalue weighted by molar-refractivity contribution is -0.121. The third kappa shape index (κ3) is 7.39. The largest absolute Gasteiger partial charge is 0.495 e. The van der Waals surface area contributed by atoms with Gasteiger partial charge in [0.15, 0.2) is 0 Å². The Morgan fingerprint density at radius 1 is 1.00 bits per heavy atom. The van der Waals surface area contributed by atoms with E-state index in [1.165, 1.54) is 25.3 Å². The number of rotatable bonds is 12. The zero-order chi connectivity index (χ0) is 27.8. The van der Waals surface area contributed by atoms with Gasteiger partial charge in [0, 0.05) is 41.9 Å². The molecule has 0 aliphatic rings. The first-order chi connectivity index (χ1) is 18.8. The van der Waals surface area contributed by atoms with Gasteiger partial charge >= 0.3 is 0 Å². The molecule has 4 aromatic rings. The molecule has 39 heavy (non-hydrogen) atoms. The Morgan fingerprint density at radius 3 is 2.54 bits per heavy atom. The van der Waals surface area contributed by atoms with Gasteiger partial charge in [0.2, 0.25) is 15.9 Å². The van der Waals surface area contributed by atoms with Gasteiger partial charge in [-0.3, -0.25) is 9.78 Å². The Morgan fingerprint density at radius 2 is 1.79 bits per heavy atom. The molecular formula is C28H28Cl2N4O4S. The number of pyridine rings is 1. The van der Waals surface area contributed by atoms with Gasteiger partial charge in [-0.15, -0.1) is 0 Å². The van der Waals surface area contributed by atoms with Crippen LogP contribution in [0, 0.1) is 0 Å². The van der Waals surface area contributed by atoms with Crippen molar-refractivity contribution >= 4 is 55.7 Å². The number of hydrogen-bond acceptors (Lipinski definition) is 6. The lowest BCUT2D eigenvalue weighted by Crippen LogP contribution is -2.40. The van der Waals surface area contributed by atoms with Crippen molar-refractivity contribution in [1.82, 2.24) is 14.6 Å². The number of halogens is 2. The highest BCUT2D eigenvalue weighted by molar-refractivity contribution is 7.89. The number of fused-ring (bicyclic) bond motifs is 1. The average molecular weight is 588 g/mol. The second kappa shape index (κ2) is 13.1. The van der Waals surface area contributed by atoms with Crippen LogP contribution in [0.25, 0.3) is 10.9 Å². The second-order valence-electron chi connectivity index (χ2n) is 8.71. The van der Waals surface area contributed by atoms with E-state index in [0.29, 0.717) is 30.3 Å². The van der Waals surface area contributed by atoms with Gasteiger partial charge in [0.1, 0.15) is 5.75 Å². The van der Waals surface area contributed by atoms with Crippen LogP contribution in [-0.2, 0) is 21.4 Å². The number of carbonyl (C=O) groups is 1. The third-order valence-electron chi connectivity index (χ3n) is 5.98. The van der Waals surface area contributed by atoms with Gasteiger partial charge in [-0.2, -0.15) is 4.31 Å². The van der Waals surface area contributed by atoms with Gasteiger partial charge in [-0.25, -0.2) is 8.42 Å². The molecule has 0 saturated heterocycles. The van der Waals surface area contributed by atoms with Crippen LogP contribution in [-0.4, -0.2) is 50.4 Å². The van der Waals surface area contributed by atoms with Crippen molar-refractivity contribution in [3.8, 4) is 5.75 Å². The van der Waals surface area contributed by atoms with Gasteiger partial charge < -0.3 is 15.4 Å². The van der Waals surface area contributed by atoms with E-state index in [1.54, 1.807) is 12.3 Å². The normalized spacial score (nSPS) is 11.5. The first kappa shape index (κ1) is 28.6. The zero-order valence-electron chi connectivity index (χ0n) is 21.2. The van der Waals surface area contributed by atoms with Crippen molar-refractivity contribution in [2.75, 3.05) is 32.1 Å². The Balaban J connectivity index is 1.38. The number of methoxy groups -OCH3 is 1. The maximum Gasteiger partial charge on any atom is 0.243 e. The molecule has 0 atom stereocenters. The van der Waals surface area contributed by atoms with Crippen molar-refractivity contribution in [2.45, 2.75) is 17.9 Å². The molecular weight excluding hydrogens is 559 g/mol. The first-order valence-corrected chi connectivity index (χ1v) is 14.4. The number of benzene rings is 3. The minimum Gasteiger partial charge on any atom is -0.495 e. The summed E-state index contributed by atoms with van der Waals surface area (Å²) in [6.07, 6.45) is 2.34. The quantitative estimate of drug-likeness (QED) is 0.217. The van der Waals surface area contributed by atoms with E-state index < -0.39 is 15.9 Å². The van der Waals surface area contributed by atoms with Crippen LogP contribution in [0.15, 0.2) is 83.9 Å². The monoisotopic (exact) mass is 586 g/mol. The SMILES string of the molecule is COc1ccc(S(=O)(=O)N(CC(=O)NCCCNc2ccnc3cc(Cl)ccc23)Cc2ccccc2)cc1Cl. The van der Waals surface area contributed by atoms with Gasteiger partial charge in [0.05, 0.1) is 29.1 Å². The summed E-state index contributed by atoms with van der Waals surface area (Å²) in [5, 5.41) is 7.91. The van der Waals surface area contributed by atoms with Crippen molar-refractivity contribution in [3.63, 3.8) is 0 Å². The number of anilines is 1. The highest BCUT2D eigenvalue weighted by atomic mass is 35.5. The fourth-order valence-corrected chi connectivity index (χ4v) is 5.90. The molecule has 0 saturated carbocycles. The summed E-state index contributed by atoms with van der Waals surface area (Å²) in [4.78, 5) is 17.1. The maximum atomic E-state index is 13.5. The molecule has 1 heterocycles. The smallest absolute Gasteiger partial charge is 0.243 e. The van der Waals surface area contributed by atoms with Crippen molar-refractivity contribution in [1.29, 1.82) is 0 Å². The van der Waals surface area contributed by atoms with Crippen LogP contribution in [0.5, 0.6) is 5.75 Å². The van der Waals surface area contributed by atoms with Gasteiger partial charge in [0.25, 0.3) is 0 Å². The molecule has 0 aliphatic carbocycles. The summed E-state index contributed by atoms with van der Waals surface area (Å²) in [5.41, 5.74) is 2.46. The summed E-state index contributed by atoms with van der Waals surface area (Å²) in [6.45, 7) is 0.650. The summed E-state index contributed by atoms with van der Waals surface area (Å²) < 4.78 is 33.3. The minimum atomic E-state index is -4.03. The number of carbonyl (C=O) groups excluding carboxylic acids is 1. The molecule has 0 unspecified atom stereocenters. The topological polar surface area (TPSA) is 101 Å². The molecule has 11 heteroatoms. The highest BCUT2D eigenvalue weighted by Crippen LogP contribution is 2.29. The zero-order valence-corrected chi connectivity index (χ0v) is 23.6. The fraction of sp³-hybridized carbons (Fsp3) is 0.214. The molecule has 3 aromatic carbocycles. The molecule has 0 fully saturated rings. The second-order valence-corrected chi connectivity index (χ2v) is 11.5. The average Bonchev–Trinajstić information content (AvgIpc) is 2.92. The van der Waals surface area contributed by atoms with Crippen LogP contribution >= 0.6 is 23.2 Å². The first-order valence-electron chi connectivity index (χ1n) is 12.2. The lowest BCUT2D eigenvalue weighted by atomic mass is 10.2. The van der Waals surface area contributed by atoms with E-state index in [-0.39, 0.29) is 23.0 Å². The number of nitrogens with zero attached hydrogens (tertiary/aromatic N) is 2. The maximum absolute atomic E-state index is 13.5. The van der Waals surface area contributed by atoms with E-state index in [0.717, 1.165) is 26.5 Å². The summed E-state index contributed by atoms with van der Waals surface area (Å²) >= 11 is 12.2. The van der Waals surface area contributed by atoms with Gasteiger partial charge in [-0.05, 0) is 54.4 Å². The van der Waals surface area contributed by atoms with Crippen molar-refractivity contribution < 1.29 is 17.9 Å². The molecule has 0 aliphatic heterocycles. The van der Waals surface area contributed by atoms with Crippen molar-refractivity contribution in [2.24, 2.45) is 0 Å². The van der Waals surface area contributed by atoms with E-state index in [4.69, 9.17) is 27.9 Å². The predicted molar refractivity (Wildman–Crippen MR) is 155 cm³/mol.